The molecule has 0 aliphatic rings. The van der Waals surface area contributed by atoms with Crippen LogP contribution in [0.4, 0.5) is 0 Å². The highest BCUT2D eigenvalue weighted by atomic mass is 79.9. The maximum atomic E-state index is 9.99. The number of aromatic hydroxyl groups is 1. The fourth-order valence-electron chi connectivity index (χ4n) is 2.86. The molecule has 25 heavy (non-hydrogen) atoms. The monoisotopic (exact) mass is 390 g/mol. The first-order chi connectivity index (χ1) is 12.2. The third-order valence-corrected chi connectivity index (χ3v) is 4.58. The van der Waals surface area contributed by atoms with Gasteiger partial charge in [-0.05, 0) is 29.8 Å². The smallest absolute Gasteiger partial charge is 0.124 e. The van der Waals surface area contributed by atoms with Crippen LogP contribution in [0.1, 0.15) is 5.56 Å². The summed E-state index contributed by atoms with van der Waals surface area (Å²) in [4.78, 5) is 0. The average molecular weight is 391 g/mol. The predicted molar refractivity (Wildman–Crippen MR) is 106 cm³/mol. The number of nitrogens with zero attached hydrogens (tertiary/aromatic N) is 2. The van der Waals surface area contributed by atoms with Crippen molar-refractivity contribution in [2.75, 3.05) is 0 Å². The molecule has 0 aliphatic heterocycles. The van der Waals surface area contributed by atoms with Gasteiger partial charge in [-0.2, -0.15) is 5.10 Å². The van der Waals surface area contributed by atoms with Crippen LogP contribution < -0.4 is 0 Å². The van der Waals surface area contributed by atoms with Crippen LogP contribution in [0.15, 0.2) is 88.6 Å². The van der Waals surface area contributed by atoms with Gasteiger partial charge in [-0.15, -0.1) is 0 Å². The van der Waals surface area contributed by atoms with E-state index in [-0.39, 0.29) is 5.75 Å². The van der Waals surface area contributed by atoms with Gasteiger partial charge in [0.05, 0.1) is 11.7 Å². The maximum Gasteiger partial charge on any atom is 0.124 e. The Morgan fingerprint density at radius 2 is 1.68 bits per heavy atom. The van der Waals surface area contributed by atoms with Crippen molar-refractivity contribution in [1.82, 2.24) is 4.68 Å². The SMILES string of the molecule is Oc1ccc(Br)cc1/C=N/n1cc(-c2ccccc2)c2ccccc21. The largest absolute Gasteiger partial charge is 0.507 e. The predicted octanol–water partition coefficient (Wildman–Crippen LogP) is 5.66. The van der Waals surface area contributed by atoms with Crippen molar-refractivity contribution >= 4 is 33.0 Å². The lowest BCUT2D eigenvalue weighted by molar-refractivity contribution is 0.474. The van der Waals surface area contributed by atoms with Crippen LogP contribution in [0.5, 0.6) is 5.75 Å². The summed E-state index contributed by atoms with van der Waals surface area (Å²) < 4.78 is 2.74. The van der Waals surface area contributed by atoms with Gasteiger partial charge in [0, 0.05) is 27.2 Å². The molecule has 0 aliphatic carbocycles. The number of halogens is 1. The van der Waals surface area contributed by atoms with E-state index in [9.17, 15) is 5.11 Å². The summed E-state index contributed by atoms with van der Waals surface area (Å²) >= 11 is 3.42. The Kier molecular flexibility index (Phi) is 4.12. The van der Waals surface area contributed by atoms with Crippen molar-refractivity contribution in [2.24, 2.45) is 5.10 Å². The molecular weight excluding hydrogens is 376 g/mol. The fourth-order valence-corrected chi connectivity index (χ4v) is 3.24. The number of fused-ring (bicyclic) bond motifs is 1. The van der Waals surface area contributed by atoms with Crippen molar-refractivity contribution in [3.8, 4) is 16.9 Å². The first-order valence-corrected chi connectivity index (χ1v) is 8.70. The fraction of sp³-hybridized carbons (Fsp3) is 0. The number of phenolic OH excluding ortho intramolecular Hbond substituents is 1. The molecule has 4 rings (SSSR count). The van der Waals surface area contributed by atoms with E-state index in [0.29, 0.717) is 5.56 Å². The maximum absolute atomic E-state index is 9.99. The molecule has 3 nitrogen and oxygen atoms in total. The highest BCUT2D eigenvalue weighted by molar-refractivity contribution is 9.10. The lowest BCUT2D eigenvalue weighted by atomic mass is 10.1. The zero-order valence-electron chi connectivity index (χ0n) is 13.3. The van der Waals surface area contributed by atoms with Crippen LogP contribution in [0.25, 0.3) is 22.0 Å². The Hall–Kier alpha value is -2.85. The molecule has 0 saturated carbocycles. The number of hydrogen-bond donors (Lipinski definition) is 1. The van der Waals surface area contributed by atoms with Crippen LogP contribution in [0.3, 0.4) is 0 Å². The van der Waals surface area contributed by atoms with E-state index >= 15 is 0 Å². The van der Waals surface area contributed by atoms with Gasteiger partial charge in [0.2, 0.25) is 0 Å². The number of para-hydroxylation sites is 1. The summed E-state index contributed by atoms with van der Waals surface area (Å²) in [6, 6.07) is 23.7. The molecule has 1 N–H and O–H groups in total. The molecule has 1 heterocycles. The Balaban J connectivity index is 1.83. The Labute approximate surface area is 154 Å². The first kappa shape index (κ1) is 15.7. The molecule has 0 bridgehead atoms. The van der Waals surface area contributed by atoms with E-state index < -0.39 is 0 Å². The molecule has 0 radical (unpaired) electrons. The van der Waals surface area contributed by atoms with Gasteiger partial charge in [0.15, 0.2) is 0 Å². The van der Waals surface area contributed by atoms with Crippen molar-refractivity contribution < 1.29 is 5.11 Å². The zero-order valence-corrected chi connectivity index (χ0v) is 14.9. The zero-order chi connectivity index (χ0) is 17.2. The molecule has 0 atom stereocenters. The standard InChI is InChI=1S/C21H15BrN2O/c22-17-10-11-21(25)16(12-17)13-23-24-14-19(15-6-2-1-3-7-15)18-8-4-5-9-20(18)24/h1-14,25H/b23-13+. The van der Waals surface area contributed by atoms with Crippen molar-refractivity contribution in [2.45, 2.75) is 0 Å². The minimum Gasteiger partial charge on any atom is -0.507 e. The van der Waals surface area contributed by atoms with Gasteiger partial charge in [-0.1, -0.05) is 64.5 Å². The number of aromatic nitrogens is 1. The number of rotatable bonds is 3. The van der Waals surface area contributed by atoms with Gasteiger partial charge >= 0.3 is 0 Å². The molecule has 0 saturated heterocycles. The number of benzene rings is 3. The highest BCUT2D eigenvalue weighted by Crippen LogP contribution is 2.30. The number of phenols is 1. The van der Waals surface area contributed by atoms with Crippen LogP contribution >= 0.6 is 15.9 Å². The van der Waals surface area contributed by atoms with Crippen molar-refractivity contribution in [3.63, 3.8) is 0 Å². The van der Waals surface area contributed by atoms with E-state index in [0.717, 1.165) is 26.5 Å². The summed E-state index contributed by atoms with van der Waals surface area (Å²) in [5, 5.41) is 15.7. The van der Waals surface area contributed by atoms with E-state index in [1.54, 1.807) is 18.3 Å². The van der Waals surface area contributed by atoms with E-state index in [4.69, 9.17) is 0 Å². The van der Waals surface area contributed by atoms with Gasteiger partial charge in [-0.25, -0.2) is 4.68 Å². The summed E-state index contributed by atoms with van der Waals surface area (Å²) in [6.07, 6.45) is 3.69. The molecular formula is C21H15BrN2O. The Bertz CT molecular complexity index is 1070. The molecule has 1 aromatic heterocycles. The molecule has 122 valence electrons. The lowest BCUT2D eigenvalue weighted by Gasteiger charge is -2.00. The van der Waals surface area contributed by atoms with Crippen LogP contribution in [0.2, 0.25) is 0 Å². The van der Waals surface area contributed by atoms with Gasteiger partial charge < -0.3 is 5.11 Å². The molecule has 0 fully saturated rings. The van der Waals surface area contributed by atoms with Crippen LogP contribution in [-0.4, -0.2) is 16.0 Å². The summed E-state index contributed by atoms with van der Waals surface area (Å²) in [5.41, 5.74) is 3.96. The minimum absolute atomic E-state index is 0.201. The molecule has 3 aromatic carbocycles. The highest BCUT2D eigenvalue weighted by Gasteiger charge is 2.09. The Morgan fingerprint density at radius 3 is 2.52 bits per heavy atom. The van der Waals surface area contributed by atoms with Gasteiger partial charge in [0.25, 0.3) is 0 Å². The quantitative estimate of drug-likeness (QED) is 0.450. The second kappa shape index (κ2) is 6.57. The van der Waals surface area contributed by atoms with Gasteiger partial charge in [-0.3, -0.25) is 0 Å². The first-order valence-electron chi connectivity index (χ1n) is 7.91. The average Bonchev–Trinajstić information content (AvgIpc) is 3.02. The number of hydrogen-bond acceptors (Lipinski definition) is 2. The topological polar surface area (TPSA) is 37.5 Å². The molecule has 0 spiro atoms. The second-order valence-corrected chi connectivity index (χ2v) is 6.63. The summed E-state index contributed by atoms with van der Waals surface area (Å²) in [6.45, 7) is 0. The molecule has 4 aromatic rings. The minimum atomic E-state index is 0.201. The normalized spacial score (nSPS) is 11.4. The van der Waals surface area contributed by atoms with Crippen molar-refractivity contribution in [3.05, 3.63) is 89.0 Å². The van der Waals surface area contributed by atoms with Crippen LogP contribution in [0, 0.1) is 0 Å². The molecule has 0 amide bonds. The third-order valence-electron chi connectivity index (χ3n) is 4.09. The summed E-state index contributed by atoms with van der Waals surface area (Å²) in [5.74, 6) is 0.201. The van der Waals surface area contributed by atoms with E-state index in [2.05, 4.69) is 39.2 Å². The molecule has 4 heteroatoms. The third kappa shape index (κ3) is 3.08. The van der Waals surface area contributed by atoms with Crippen LogP contribution in [-0.2, 0) is 0 Å². The lowest BCUT2D eigenvalue weighted by Crippen LogP contribution is -1.89. The van der Waals surface area contributed by atoms with E-state index in [1.165, 1.54) is 0 Å². The second-order valence-electron chi connectivity index (χ2n) is 5.72. The van der Waals surface area contributed by atoms with Crippen molar-refractivity contribution in [1.29, 1.82) is 0 Å². The van der Waals surface area contributed by atoms with Gasteiger partial charge in [0.1, 0.15) is 5.75 Å². The van der Waals surface area contributed by atoms with E-state index in [1.807, 2.05) is 53.3 Å². The Morgan fingerprint density at radius 1 is 0.920 bits per heavy atom. The summed E-state index contributed by atoms with van der Waals surface area (Å²) in [7, 11) is 0. The molecule has 0 unspecified atom stereocenters.